The van der Waals surface area contributed by atoms with Crippen LogP contribution < -0.4 is 16.0 Å². The van der Waals surface area contributed by atoms with Crippen LogP contribution in [-0.4, -0.2) is 29.0 Å². The second-order valence-electron chi connectivity index (χ2n) is 7.77. The van der Waals surface area contributed by atoms with Crippen molar-refractivity contribution in [2.24, 2.45) is 5.92 Å². The van der Waals surface area contributed by atoms with Crippen LogP contribution in [0, 0.1) is 5.92 Å². The Morgan fingerprint density at radius 2 is 1.79 bits per heavy atom. The number of nitrogen functional groups attached to an aromatic ring is 1. The van der Waals surface area contributed by atoms with Gasteiger partial charge in [0.1, 0.15) is 11.6 Å². The van der Waals surface area contributed by atoms with Crippen LogP contribution in [0.3, 0.4) is 0 Å². The SMILES string of the molecule is CC1CCN(c2nc(N)c3c(n2)NC(=O)C[C@H]3c2ccc(C(F)(F)F)cc2)CC1. The minimum atomic E-state index is -4.41. The second-order valence-corrected chi connectivity index (χ2v) is 7.77. The molecule has 3 heterocycles. The summed E-state index contributed by atoms with van der Waals surface area (Å²) in [7, 11) is 0. The molecule has 0 spiro atoms. The molecule has 1 amide bonds. The van der Waals surface area contributed by atoms with Gasteiger partial charge in [-0.2, -0.15) is 23.1 Å². The van der Waals surface area contributed by atoms with Crippen LogP contribution >= 0.6 is 0 Å². The number of nitrogens with one attached hydrogen (secondary N) is 1. The fourth-order valence-corrected chi connectivity index (χ4v) is 3.92. The third-order valence-electron chi connectivity index (χ3n) is 5.67. The Balaban J connectivity index is 1.69. The van der Waals surface area contributed by atoms with Gasteiger partial charge in [-0.3, -0.25) is 4.79 Å². The van der Waals surface area contributed by atoms with E-state index in [9.17, 15) is 18.0 Å². The summed E-state index contributed by atoms with van der Waals surface area (Å²) < 4.78 is 38.6. The molecule has 1 aromatic heterocycles. The number of hydrogen-bond acceptors (Lipinski definition) is 5. The van der Waals surface area contributed by atoms with Gasteiger partial charge in [0, 0.05) is 31.0 Å². The summed E-state index contributed by atoms with van der Waals surface area (Å²) in [6, 6.07) is 4.80. The minimum absolute atomic E-state index is 0.0759. The van der Waals surface area contributed by atoms with E-state index in [0.29, 0.717) is 28.8 Å². The first kappa shape index (κ1) is 19.5. The Hall–Kier alpha value is -2.84. The zero-order valence-electron chi connectivity index (χ0n) is 16.0. The highest BCUT2D eigenvalue weighted by molar-refractivity contribution is 5.95. The normalized spacial score (nSPS) is 20.3. The fourth-order valence-electron chi connectivity index (χ4n) is 3.92. The van der Waals surface area contributed by atoms with Crippen LogP contribution in [-0.2, 0) is 11.0 Å². The Morgan fingerprint density at radius 3 is 2.41 bits per heavy atom. The summed E-state index contributed by atoms with van der Waals surface area (Å²) in [5.74, 6) is 0.961. The van der Waals surface area contributed by atoms with Gasteiger partial charge in [-0.1, -0.05) is 19.1 Å². The topological polar surface area (TPSA) is 84.1 Å². The maximum atomic E-state index is 12.9. The number of aromatic nitrogens is 2. The molecule has 29 heavy (non-hydrogen) atoms. The summed E-state index contributed by atoms with van der Waals surface area (Å²) in [4.78, 5) is 23.3. The first-order valence-electron chi connectivity index (χ1n) is 9.61. The summed E-state index contributed by atoms with van der Waals surface area (Å²) in [5.41, 5.74) is 6.63. The van der Waals surface area contributed by atoms with Crippen LogP contribution in [0.5, 0.6) is 0 Å². The molecule has 0 bridgehead atoms. The zero-order valence-corrected chi connectivity index (χ0v) is 16.0. The summed E-state index contributed by atoms with van der Waals surface area (Å²) in [5, 5.41) is 2.75. The molecule has 1 saturated heterocycles. The Bertz CT molecular complexity index is 921. The molecular formula is C20H22F3N5O. The van der Waals surface area contributed by atoms with E-state index in [4.69, 9.17) is 5.73 Å². The number of piperidine rings is 1. The Kier molecular flexibility index (Phi) is 4.84. The highest BCUT2D eigenvalue weighted by Gasteiger charge is 2.34. The quantitative estimate of drug-likeness (QED) is 0.794. The zero-order chi connectivity index (χ0) is 20.8. The molecule has 2 aliphatic heterocycles. The Labute approximate surface area is 166 Å². The first-order chi connectivity index (χ1) is 13.7. The highest BCUT2D eigenvalue weighted by Crippen LogP contribution is 2.41. The van der Waals surface area contributed by atoms with Crippen molar-refractivity contribution in [1.82, 2.24) is 9.97 Å². The number of carbonyl (C=O) groups excluding carboxylic acids is 1. The van der Waals surface area contributed by atoms with Gasteiger partial charge in [0.15, 0.2) is 0 Å². The minimum Gasteiger partial charge on any atom is -0.383 e. The van der Waals surface area contributed by atoms with Gasteiger partial charge in [-0.25, -0.2) is 0 Å². The largest absolute Gasteiger partial charge is 0.416 e. The maximum absolute atomic E-state index is 12.9. The predicted octanol–water partition coefficient (Wildman–Crippen LogP) is 3.79. The van der Waals surface area contributed by atoms with E-state index < -0.39 is 17.7 Å². The van der Waals surface area contributed by atoms with E-state index in [2.05, 4.69) is 22.2 Å². The lowest BCUT2D eigenvalue weighted by Crippen LogP contribution is -2.35. The lowest BCUT2D eigenvalue weighted by molar-refractivity contribution is -0.137. The lowest BCUT2D eigenvalue weighted by atomic mass is 9.86. The van der Waals surface area contributed by atoms with Crippen molar-refractivity contribution in [2.75, 3.05) is 29.0 Å². The number of nitrogens with two attached hydrogens (primary N) is 1. The highest BCUT2D eigenvalue weighted by atomic mass is 19.4. The van der Waals surface area contributed by atoms with E-state index in [1.54, 1.807) is 0 Å². The average molecular weight is 405 g/mol. The summed E-state index contributed by atoms with van der Waals surface area (Å²) in [6.45, 7) is 3.83. The molecule has 0 unspecified atom stereocenters. The van der Waals surface area contributed by atoms with Crippen molar-refractivity contribution < 1.29 is 18.0 Å². The van der Waals surface area contributed by atoms with Crippen LogP contribution in [0.4, 0.5) is 30.8 Å². The van der Waals surface area contributed by atoms with Crippen molar-refractivity contribution in [3.8, 4) is 0 Å². The number of carbonyl (C=O) groups is 1. The smallest absolute Gasteiger partial charge is 0.383 e. The molecule has 1 atom stereocenters. The number of nitrogens with zero attached hydrogens (tertiary/aromatic N) is 3. The van der Waals surface area contributed by atoms with Crippen LogP contribution in [0.1, 0.15) is 48.8 Å². The molecule has 6 nitrogen and oxygen atoms in total. The lowest BCUT2D eigenvalue weighted by Gasteiger charge is -2.32. The molecular weight excluding hydrogens is 383 g/mol. The van der Waals surface area contributed by atoms with Crippen LogP contribution in [0.25, 0.3) is 0 Å². The van der Waals surface area contributed by atoms with Gasteiger partial charge in [-0.15, -0.1) is 0 Å². The number of fused-ring (bicyclic) bond motifs is 1. The predicted molar refractivity (Wildman–Crippen MR) is 104 cm³/mol. The van der Waals surface area contributed by atoms with E-state index >= 15 is 0 Å². The molecule has 0 saturated carbocycles. The third kappa shape index (κ3) is 3.86. The van der Waals surface area contributed by atoms with Crippen molar-refractivity contribution in [1.29, 1.82) is 0 Å². The van der Waals surface area contributed by atoms with E-state index in [1.165, 1.54) is 12.1 Å². The fraction of sp³-hybridized carbons (Fsp3) is 0.450. The van der Waals surface area contributed by atoms with Gasteiger partial charge in [0.2, 0.25) is 11.9 Å². The summed E-state index contributed by atoms with van der Waals surface area (Å²) >= 11 is 0. The van der Waals surface area contributed by atoms with Gasteiger partial charge in [0.25, 0.3) is 0 Å². The number of rotatable bonds is 2. The first-order valence-corrected chi connectivity index (χ1v) is 9.61. The van der Waals surface area contributed by atoms with E-state index in [0.717, 1.165) is 38.1 Å². The molecule has 2 aromatic rings. The van der Waals surface area contributed by atoms with E-state index in [1.807, 2.05) is 4.90 Å². The van der Waals surface area contributed by atoms with Crippen LogP contribution in [0.2, 0.25) is 0 Å². The molecule has 0 aliphatic carbocycles. The molecule has 2 aliphatic rings. The monoisotopic (exact) mass is 405 g/mol. The number of alkyl halides is 3. The van der Waals surface area contributed by atoms with Crippen molar-refractivity contribution in [3.63, 3.8) is 0 Å². The number of halogens is 3. The Morgan fingerprint density at radius 1 is 1.14 bits per heavy atom. The molecule has 154 valence electrons. The molecule has 1 fully saturated rings. The van der Waals surface area contributed by atoms with Gasteiger partial charge in [-0.05, 0) is 36.5 Å². The number of benzene rings is 1. The van der Waals surface area contributed by atoms with Gasteiger partial charge < -0.3 is 16.0 Å². The number of hydrogen-bond donors (Lipinski definition) is 2. The average Bonchev–Trinajstić information content (AvgIpc) is 2.67. The molecule has 9 heteroatoms. The third-order valence-corrected chi connectivity index (χ3v) is 5.67. The standard InChI is InChI=1S/C20H22F3N5O/c1-11-6-8-28(9-7-11)19-26-17(24)16-14(10-15(29)25-18(16)27-19)12-2-4-13(5-3-12)20(21,22)23/h2-5,11,14H,6-10H2,1H3,(H3,24,25,26,27,29)/t14-/m0/s1. The number of amides is 1. The van der Waals surface area contributed by atoms with Gasteiger partial charge >= 0.3 is 6.18 Å². The maximum Gasteiger partial charge on any atom is 0.416 e. The molecule has 4 rings (SSSR count). The molecule has 3 N–H and O–H groups in total. The van der Waals surface area contributed by atoms with Crippen LogP contribution in [0.15, 0.2) is 24.3 Å². The van der Waals surface area contributed by atoms with Crippen molar-refractivity contribution in [3.05, 3.63) is 41.0 Å². The molecule has 0 radical (unpaired) electrons. The van der Waals surface area contributed by atoms with Crippen molar-refractivity contribution in [2.45, 2.75) is 38.3 Å². The van der Waals surface area contributed by atoms with Gasteiger partial charge in [0.05, 0.1) is 5.56 Å². The summed E-state index contributed by atoms with van der Waals surface area (Å²) in [6.07, 6.45) is -2.28. The van der Waals surface area contributed by atoms with E-state index in [-0.39, 0.29) is 18.1 Å². The molecule has 1 aromatic carbocycles. The van der Waals surface area contributed by atoms with Crippen molar-refractivity contribution >= 4 is 23.5 Å². The number of anilines is 3. The second kappa shape index (κ2) is 7.20.